The van der Waals surface area contributed by atoms with Gasteiger partial charge in [0.15, 0.2) is 11.4 Å². The smallest absolute Gasteiger partial charge is 0.408 e. The Morgan fingerprint density at radius 3 is 3.03 bits per heavy atom. The molecular formula is C22H26N4O4. The molecule has 1 aliphatic heterocycles. The summed E-state index contributed by atoms with van der Waals surface area (Å²) in [5.74, 6) is 0.613. The standard InChI is InChI=1S/C22H26N4O4/c1-29-15-20-23-11-10-17(24-20)16-6-4-12-25(14-16)21(27)9-5-13-26-18-7-2-3-8-19(18)30-22(26)28/h2-3,7-8,10-11,16H,4-6,9,12-15H2,1H3/t16-/m0/s1. The normalized spacial score (nSPS) is 16.8. The first-order valence-electron chi connectivity index (χ1n) is 10.3. The number of carbonyl (C=O) groups excluding carboxylic acids is 1. The molecule has 3 heterocycles. The van der Waals surface area contributed by atoms with Crippen LogP contribution in [0.1, 0.15) is 43.1 Å². The van der Waals surface area contributed by atoms with Crippen LogP contribution in [-0.4, -0.2) is 45.5 Å². The molecule has 0 radical (unpaired) electrons. The summed E-state index contributed by atoms with van der Waals surface area (Å²) < 4.78 is 12.0. The third-order valence-corrected chi connectivity index (χ3v) is 5.54. The van der Waals surface area contributed by atoms with Crippen molar-refractivity contribution >= 4 is 17.0 Å². The fourth-order valence-electron chi connectivity index (χ4n) is 4.06. The Morgan fingerprint density at radius 2 is 2.17 bits per heavy atom. The maximum Gasteiger partial charge on any atom is 0.419 e. The molecule has 0 aliphatic carbocycles. The minimum Gasteiger partial charge on any atom is -0.408 e. The number of para-hydroxylation sites is 2. The van der Waals surface area contributed by atoms with Crippen LogP contribution in [0, 0.1) is 0 Å². The van der Waals surface area contributed by atoms with Crippen LogP contribution in [0.25, 0.3) is 11.1 Å². The first-order valence-corrected chi connectivity index (χ1v) is 10.3. The molecule has 1 aromatic carbocycles. The molecule has 8 heteroatoms. The average molecular weight is 410 g/mol. The Morgan fingerprint density at radius 1 is 1.30 bits per heavy atom. The van der Waals surface area contributed by atoms with Gasteiger partial charge in [0, 0.05) is 51.0 Å². The van der Waals surface area contributed by atoms with Gasteiger partial charge in [0.1, 0.15) is 6.61 Å². The van der Waals surface area contributed by atoms with E-state index in [1.54, 1.807) is 23.9 Å². The van der Waals surface area contributed by atoms with Gasteiger partial charge in [-0.15, -0.1) is 0 Å². The SMILES string of the molecule is COCc1nccc([C@H]2CCCN(C(=O)CCCn3c(=O)oc4ccccc43)C2)n1. The van der Waals surface area contributed by atoms with Crippen LogP contribution in [0.2, 0.25) is 0 Å². The van der Waals surface area contributed by atoms with Gasteiger partial charge in [-0.05, 0) is 37.5 Å². The molecule has 0 N–H and O–H groups in total. The highest BCUT2D eigenvalue weighted by Crippen LogP contribution is 2.26. The number of aromatic nitrogens is 3. The van der Waals surface area contributed by atoms with Crippen LogP contribution in [-0.2, 0) is 22.7 Å². The van der Waals surface area contributed by atoms with Crippen molar-refractivity contribution in [2.24, 2.45) is 0 Å². The van der Waals surface area contributed by atoms with E-state index in [0.717, 1.165) is 30.6 Å². The minimum atomic E-state index is -0.377. The van der Waals surface area contributed by atoms with Gasteiger partial charge in [0.25, 0.3) is 0 Å². The number of likely N-dealkylation sites (tertiary alicyclic amines) is 1. The third-order valence-electron chi connectivity index (χ3n) is 5.54. The zero-order valence-corrected chi connectivity index (χ0v) is 17.1. The third kappa shape index (κ3) is 4.43. The quantitative estimate of drug-likeness (QED) is 0.595. The van der Waals surface area contributed by atoms with Gasteiger partial charge in [-0.1, -0.05) is 12.1 Å². The molecule has 0 bridgehead atoms. The van der Waals surface area contributed by atoms with Gasteiger partial charge in [-0.3, -0.25) is 9.36 Å². The average Bonchev–Trinajstić information content (AvgIpc) is 3.09. The van der Waals surface area contributed by atoms with Crippen LogP contribution in [0.15, 0.2) is 45.7 Å². The van der Waals surface area contributed by atoms with Gasteiger partial charge in [-0.2, -0.15) is 0 Å². The van der Waals surface area contributed by atoms with Gasteiger partial charge >= 0.3 is 5.76 Å². The molecule has 8 nitrogen and oxygen atoms in total. The van der Waals surface area contributed by atoms with E-state index in [4.69, 9.17) is 9.15 Å². The summed E-state index contributed by atoms with van der Waals surface area (Å²) in [5.41, 5.74) is 2.31. The number of hydrogen-bond donors (Lipinski definition) is 0. The van der Waals surface area contributed by atoms with Crippen molar-refractivity contribution in [3.8, 4) is 0 Å². The molecule has 2 aromatic heterocycles. The molecule has 4 rings (SSSR count). The van der Waals surface area contributed by atoms with E-state index >= 15 is 0 Å². The molecular weight excluding hydrogens is 384 g/mol. The Bertz CT molecular complexity index is 1070. The number of rotatable bonds is 7. The molecule has 1 aliphatic rings. The number of ether oxygens (including phenoxy) is 1. The molecule has 158 valence electrons. The van der Waals surface area contributed by atoms with Crippen molar-refractivity contribution in [2.75, 3.05) is 20.2 Å². The number of amides is 1. The molecule has 0 spiro atoms. The van der Waals surface area contributed by atoms with Crippen LogP contribution in [0.3, 0.4) is 0 Å². The Hall–Kier alpha value is -3.00. The zero-order valence-electron chi connectivity index (χ0n) is 17.1. The first-order chi connectivity index (χ1) is 14.7. The van der Waals surface area contributed by atoms with Gasteiger partial charge in [0.05, 0.1) is 5.52 Å². The van der Waals surface area contributed by atoms with E-state index in [1.165, 1.54) is 0 Å². The molecule has 1 saturated heterocycles. The second-order valence-electron chi connectivity index (χ2n) is 7.60. The predicted octanol–water partition coefficient (Wildman–Crippen LogP) is 2.72. The van der Waals surface area contributed by atoms with E-state index in [0.29, 0.717) is 43.9 Å². The molecule has 0 unspecified atom stereocenters. The van der Waals surface area contributed by atoms with Crippen molar-refractivity contribution < 1.29 is 13.9 Å². The topological polar surface area (TPSA) is 90.5 Å². The number of oxazole rings is 1. The van der Waals surface area contributed by atoms with E-state index in [1.807, 2.05) is 29.2 Å². The molecule has 1 amide bonds. The maximum absolute atomic E-state index is 12.8. The lowest BCUT2D eigenvalue weighted by Crippen LogP contribution is -2.39. The number of hydrogen-bond acceptors (Lipinski definition) is 6. The van der Waals surface area contributed by atoms with Crippen LogP contribution < -0.4 is 5.76 Å². The minimum absolute atomic E-state index is 0.117. The lowest BCUT2D eigenvalue weighted by Gasteiger charge is -2.32. The number of nitrogens with zero attached hydrogens (tertiary/aromatic N) is 4. The molecule has 30 heavy (non-hydrogen) atoms. The van der Waals surface area contributed by atoms with Gasteiger partial charge in [0.2, 0.25) is 5.91 Å². The summed E-state index contributed by atoms with van der Waals surface area (Å²) in [4.78, 5) is 35.6. The first kappa shape index (κ1) is 20.3. The lowest BCUT2D eigenvalue weighted by atomic mass is 9.94. The molecule has 3 aromatic rings. The number of benzene rings is 1. The lowest BCUT2D eigenvalue weighted by molar-refractivity contribution is -0.132. The summed E-state index contributed by atoms with van der Waals surface area (Å²) in [5, 5.41) is 0. The molecule has 0 saturated carbocycles. The van der Waals surface area contributed by atoms with E-state index in [9.17, 15) is 9.59 Å². The number of piperidine rings is 1. The Kier molecular flexibility index (Phi) is 6.23. The highest BCUT2D eigenvalue weighted by atomic mass is 16.5. The largest absolute Gasteiger partial charge is 0.419 e. The Labute approximate surface area is 174 Å². The second kappa shape index (κ2) is 9.21. The van der Waals surface area contributed by atoms with Crippen molar-refractivity contribution in [2.45, 2.75) is 44.8 Å². The molecule has 1 fully saturated rings. The predicted molar refractivity (Wildman–Crippen MR) is 111 cm³/mol. The summed E-state index contributed by atoms with van der Waals surface area (Å²) in [7, 11) is 1.62. The fraction of sp³-hybridized carbons (Fsp3) is 0.455. The van der Waals surface area contributed by atoms with E-state index in [-0.39, 0.29) is 17.6 Å². The monoisotopic (exact) mass is 410 g/mol. The Balaban J connectivity index is 1.35. The summed E-state index contributed by atoms with van der Waals surface area (Å²) in [6, 6.07) is 9.27. The van der Waals surface area contributed by atoms with Crippen LogP contribution in [0.4, 0.5) is 0 Å². The number of aryl methyl sites for hydroxylation is 1. The van der Waals surface area contributed by atoms with Crippen molar-refractivity contribution in [1.29, 1.82) is 0 Å². The fourth-order valence-corrected chi connectivity index (χ4v) is 4.06. The maximum atomic E-state index is 12.8. The van der Waals surface area contributed by atoms with Crippen molar-refractivity contribution in [1.82, 2.24) is 19.4 Å². The number of methoxy groups -OCH3 is 1. The van der Waals surface area contributed by atoms with Crippen molar-refractivity contribution in [3.63, 3.8) is 0 Å². The highest BCUT2D eigenvalue weighted by molar-refractivity contribution is 5.76. The van der Waals surface area contributed by atoms with Gasteiger partial charge in [-0.25, -0.2) is 14.8 Å². The van der Waals surface area contributed by atoms with E-state index < -0.39 is 0 Å². The van der Waals surface area contributed by atoms with Crippen molar-refractivity contribution in [3.05, 3.63) is 58.6 Å². The summed E-state index contributed by atoms with van der Waals surface area (Å²) in [6.07, 6.45) is 4.70. The second-order valence-corrected chi connectivity index (χ2v) is 7.60. The number of carbonyl (C=O) groups is 1. The molecule has 1 atom stereocenters. The summed E-state index contributed by atoms with van der Waals surface area (Å²) in [6.45, 7) is 2.27. The van der Waals surface area contributed by atoms with Crippen LogP contribution in [0.5, 0.6) is 0 Å². The van der Waals surface area contributed by atoms with E-state index in [2.05, 4.69) is 9.97 Å². The van der Waals surface area contributed by atoms with Crippen LogP contribution >= 0.6 is 0 Å². The summed E-state index contributed by atoms with van der Waals surface area (Å²) >= 11 is 0. The van der Waals surface area contributed by atoms with Gasteiger partial charge < -0.3 is 14.1 Å². The highest BCUT2D eigenvalue weighted by Gasteiger charge is 2.25. The zero-order chi connectivity index (χ0) is 20.9. The number of fused-ring (bicyclic) bond motifs is 1.